The van der Waals surface area contributed by atoms with Crippen LogP contribution >= 0.6 is 27.5 Å². The topological polar surface area (TPSA) is 86.8 Å². The maximum atomic E-state index is 14.4. The van der Waals surface area contributed by atoms with Gasteiger partial charge in [0.2, 0.25) is 11.8 Å². The molecule has 0 radical (unpaired) electrons. The maximum Gasteiger partial charge on any atom is 0.264 e. The summed E-state index contributed by atoms with van der Waals surface area (Å²) < 4.78 is 30.0. The summed E-state index contributed by atoms with van der Waals surface area (Å²) >= 11 is 9.53. The lowest BCUT2D eigenvalue weighted by Gasteiger charge is -2.34. The van der Waals surface area contributed by atoms with Crippen LogP contribution in [0.25, 0.3) is 0 Å². The second kappa shape index (κ2) is 14.7. The number of nitrogens with one attached hydrogen (secondary N) is 1. The summed E-state index contributed by atoms with van der Waals surface area (Å²) in [6, 6.07) is 28.8. The van der Waals surface area contributed by atoms with Gasteiger partial charge >= 0.3 is 0 Å². The Hall–Kier alpha value is -3.66. The van der Waals surface area contributed by atoms with Crippen molar-refractivity contribution in [1.82, 2.24) is 10.2 Å². The number of amides is 2. The first-order valence-corrected chi connectivity index (χ1v) is 16.4. The van der Waals surface area contributed by atoms with Crippen LogP contribution in [0.4, 0.5) is 5.69 Å². The van der Waals surface area contributed by atoms with Crippen molar-refractivity contribution >= 4 is 55.1 Å². The second-order valence-electron chi connectivity index (χ2n) is 10.1. The van der Waals surface area contributed by atoms with Crippen molar-refractivity contribution in [3.8, 4) is 0 Å². The molecule has 1 N–H and O–H groups in total. The molecule has 1 atom stereocenters. The molecule has 4 aromatic rings. The summed E-state index contributed by atoms with van der Waals surface area (Å²) in [5, 5.41) is 3.26. The molecule has 4 aromatic carbocycles. The summed E-state index contributed by atoms with van der Waals surface area (Å²) in [6.07, 6.45) is 0.251. The predicted molar refractivity (Wildman–Crippen MR) is 174 cm³/mol. The van der Waals surface area contributed by atoms with Gasteiger partial charge in [-0.15, -0.1) is 0 Å². The van der Waals surface area contributed by atoms with Crippen LogP contribution in [0.3, 0.4) is 0 Å². The zero-order chi connectivity index (χ0) is 31.0. The van der Waals surface area contributed by atoms with E-state index in [1.54, 1.807) is 18.2 Å². The number of anilines is 1. The van der Waals surface area contributed by atoms with Crippen LogP contribution in [0.15, 0.2) is 112 Å². The van der Waals surface area contributed by atoms with Crippen molar-refractivity contribution in [2.75, 3.05) is 17.4 Å². The highest BCUT2D eigenvalue weighted by Crippen LogP contribution is 2.27. The summed E-state index contributed by atoms with van der Waals surface area (Å²) in [6.45, 7) is 3.62. The van der Waals surface area contributed by atoms with E-state index in [0.717, 1.165) is 25.5 Å². The number of halogens is 2. The number of carbonyl (C=O) groups is 2. The number of nitrogens with zero attached hydrogens (tertiary/aromatic N) is 2. The molecule has 0 saturated carbocycles. The largest absolute Gasteiger partial charge is 0.355 e. The molecule has 0 saturated heterocycles. The minimum Gasteiger partial charge on any atom is -0.355 e. The molecule has 0 aromatic heterocycles. The summed E-state index contributed by atoms with van der Waals surface area (Å²) in [5.41, 5.74) is 2.82. The van der Waals surface area contributed by atoms with E-state index in [4.69, 9.17) is 11.6 Å². The predicted octanol–water partition coefficient (Wildman–Crippen LogP) is 6.38. The monoisotopic (exact) mass is 681 g/mol. The Bertz CT molecular complexity index is 1670. The number of hydrogen-bond acceptors (Lipinski definition) is 4. The summed E-state index contributed by atoms with van der Waals surface area (Å²) in [4.78, 5) is 29.4. The molecule has 0 spiro atoms. The Kier molecular flexibility index (Phi) is 11.0. The number of rotatable bonds is 12. The van der Waals surface area contributed by atoms with Crippen LogP contribution in [0.5, 0.6) is 0 Å². The summed E-state index contributed by atoms with van der Waals surface area (Å²) in [5.74, 6) is -0.844. The number of sulfonamides is 1. The Morgan fingerprint density at radius 1 is 0.884 bits per heavy atom. The van der Waals surface area contributed by atoms with Gasteiger partial charge in [0.15, 0.2) is 0 Å². The first-order chi connectivity index (χ1) is 20.6. The van der Waals surface area contributed by atoms with Crippen LogP contribution in [-0.4, -0.2) is 44.3 Å². The number of hydrogen-bond donors (Lipinski definition) is 1. The van der Waals surface area contributed by atoms with Gasteiger partial charge in [0.25, 0.3) is 10.0 Å². The molecule has 0 aliphatic rings. The molecule has 224 valence electrons. The van der Waals surface area contributed by atoms with Gasteiger partial charge in [0.1, 0.15) is 12.6 Å². The van der Waals surface area contributed by atoms with E-state index in [1.165, 1.54) is 29.2 Å². The van der Waals surface area contributed by atoms with E-state index in [9.17, 15) is 18.0 Å². The highest BCUT2D eigenvalue weighted by Gasteiger charge is 2.34. The molecular weight excluding hydrogens is 650 g/mol. The van der Waals surface area contributed by atoms with E-state index in [-0.39, 0.29) is 23.8 Å². The lowest BCUT2D eigenvalue weighted by molar-refractivity contribution is -0.140. The van der Waals surface area contributed by atoms with Gasteiger partial charge in [0.05, 0.1) is 10.6 Å². The van der Waals surface area contributed by atoms with Gasteiger partial charge < -0.3 is 10.2 Å². The average Bonchev–Trinajstić information content (AvgIpc) is 2.98. The molecule has 0 fully saturated rings. The van der Waals surface area contributed by atoms with Crippen molar-refractivity contribution in [2.45, 2.75) is 37.8 Å². The van der Waals surface area contributed by atoms with Gasteiger partial charge in [-0.2, -0.15) is 0 Å². The van der Waals surface area contributed by atoms with Crippen LogP contribution in [0.1, 0.15) is 23.6 Å². The molecule has 2 amide bonds. The average molecular weight is 683 g/mol. The third-order valence-corrected chi connectivity index (χ3v) is 9.37. The van der Waals surface area contributed by atoms with Crippen molar-refractivity contribution in [3.05, 3.63) is 129 Å². The standard InChI is InChI=1S/C33H33BrClN3O4S/c1-3-36-33(40)31(21-25-10-5-4-6-11-25)37(22-26-12-8-13-27(34)20-26)32(39)23-38(29-14-7-9-24(2)19-29)43(41,42)30-17-15-28(35)16-18-30/h4-20,31H,3,21-23H2,1-2H3,(H,36,40). The Morgan fingerprint density at radius 2 is 1.56 bits per heavy atom. The second-order valence-corrected chi connectivity index (χ2v) is 13.3. The highest BCUT2D eigenvalue weighted by atomic mass is 79.9. The van der Waals surface area contributed by atoms with Gasteiger partial charge in [-0.3, -0.25) is 13.9 Å². The minimum absolute atomic E-state index is 0.00527. The Morgan fingerprint density at radius 3 is 2.21 bits per heavy atom. The first kappa shape index (κ1) is 32.3. The third-order valence-electron chi connectivity index (χ3n) is 6.83. The number of benzene rings is 4. The van der Waals surface area contributed by atoms with Crippen molar-refractivity contribution in [2.24, 2.45) is 0 Å². The molecule has 0 aliphatic carbocycles. The van der Waals surface area contributed by atoms with E-state index < -0.39 is 28.5 Å². The normalized spacial score (nSPS) is 11.9. The number of likely N-dealkylation sites (N-methyl/N-ethyl adjacent to an activating group) is 1. The minimum atomic E-state index is -4.19. The fourth-order valence-corrected chi connectivity index (χ4v) is 6.70. The molecule has 0 bridgehead atoms. The zero-order valence-electron chi connectivity index (χ0n) is 23.9. The van der Waals surface area contributed by atoms with Crippen LogP contribution in [-0.2, 0) is 32.6 Å². The Balaban J connectivity index is 1.80. The molecule has 0 heterocycles. The third kappa shape index (κ3) is 8.46. The molecule has 1 unspecified atom stereocenters. The van der Waals surface area contributed by atoms with Crippen LogP contribution < -0.4 is 9.62 Å². The zero-order valence-corrected chi connectivity index (χ0v) is 27.1. The van der Waals surface area contributed by atoms with Gasteiger partial charge in [-0.05, 0) is 79.1 Å². The van der Waals surface area contributed by atoms with E-state index in [2.05, 4.69) is 21.2 Å². The van der Waals surface area contributed by atoms with Crippen molar-refractivity contribution in [1.29, 1.82) is 0 Å². The first-order valence-electron chi connectivity index (χ1n) is 13.8. The molecule has 4 rings (SSSR count). The quantitative estimate of drug-likeness (QED) is 0.188. The fraction of sp³-hybridized carbons (Fsp3) is 0.212. The summed E-state index contributed by atoms with van der Waals surface area (Å²) in [7, 11) is -4.19. The molecule has 10 heteroatoms. The number of carbonyl (C=O) groups excluding carboxylic acids is 2. The van der Waals surface area contributed by atoms with Crippen molar-refractivity contribution < 1.29 is 18.0 Å². The van der Waals surface area contributed by atoms with Crippen molar-refractivity contribution in [3.63, 3.8) is 0 Å². The highest BCUT2D eigenvalue weighted by molar-refractivity contribution is 9.10. The van der Waals surface area contributed by atoms with E-state index in [0.29, 0.717) is 17.3 Å². The van der Waals surface area contributed by atoms with E-state index >= 15 is 0 Å². The van der Waals surface area contributed by atoms with Gasteiger partial charge in [0, 0.05) is 29.0 Å². The van der Waals surface area contributed by atoms with E-state index in [1.807, 2.05) is 74.5 Å². The van der Waals surface area contributed by atoms with Gasteiger partial charge in [-0.25, -0.2) is 8.42 Å². The molecule has 0 aliphatic heterocycles. The lowest BCUT2D eigenvalue weighted by Crippen LogP contribution is -2.53. The maximum absolute atomic E-state index is 14.4. The Labute approximate surface area is 266 Å². The molecular formula is C33H33BrClN3O4S. The van der Waals surface area contributed by atoms with Crippen LogP contribution in [0.2, 0.25) is 5.02 Å². The number of aryl methyl sites for hydroxylation is 1. The lowest BCUT2D eigenvalue weighted by atomic mass is 10.0. The van der Waals surface area contributed by atoms with Crippen LogP contribution in [0, 0.1) is 6.92 Å². The van der Waals surface area contributed by atoms with Gasteiger partial charge in [-0.1, -0.05) is 82.1 Å². The molecule has 43 heavy (non-hydrogen) atoms. The SMILES string of the molecule is CCNC(=O)C(Cc1ccccc1)N(Cc1cccc(Br)c1)C(=O)CN(c1cccc(C)c1)S(=O)(=O)c1ccc(Cl)cc1. The fourth-order valence-electron chi connectivity index (χ4n) is 4.72. The smallest absolute Gasteiger partial charge is 0.264 e. The molecule has 7 nitrogen and oxygen atoms in total.